The first-order chi connectivity index (χ1) is 6.70. The van der Waals surface area contributed by atoms with Gasteiger partial charge in [0.2, 0.25) is 0 Å². The van der Waals surface area contributed by atoms with Crippen molar-refractivity contribution in [1.82, 2.24) is 14.8 Å². The molecule has 2 atom stereocenters. The van der Waals surface area contributed by atoms with Crippen LogP contribution in [0.25, 0.3) is 6.20 Å². The van der Waals surface area contributed by atoms with Crippen molar-refractivity contribution in [3.8, 4) is 0 Å². The zero-order valence-electron chi connectivity index (χ0n) is 9.11. The molecule has 0 aliphatic carbocycles. The molecule has 2 unspecified atom stereocenters. The average molecular weight is 195 g/mol. The Balaban J connectivity index is 0.000000461. The third kappa shape index (κ3) is 1.64. The fraction of sp³-hybridized carbons (Fsp3) is 0.600. The second-order valence-corrected chi connectivity index (χ2v) is 3.25. The van der Waals surface area contributed by atoms with Crippen LogP contribution in [0, 0.1) is 5.92 Å². The largest absolute Gasteiger partial charge is 0.347 e. The predicted octanol–water partition coefficient (Wildman–Crippen LogP) is 1.82. The molecule has 0 amide bonds. The molecule has 1 aromatic rings. The lowest BCUT2D eigenvalue weighted by Crippen LogP contribution is -2.20. The number of H-pyrrole nitrogens is 1. The summed E-state index contributed by atoms with van der Waals surface area (Å²) in [5.41, 5.74) is -0.153. The minimum absolute atomic E-state index is 0.153. The highest BCUT2D eigenvalue weighted by Gasteiger charge is 2.21. The number of hydrogen-bond donors (Lipinski definition) is 1. The number of nitrogens with one attached hydrogen (secondary N) is 1. The molecule has 1 aliphatic heterocycles. The van der Waals surface area contributed by atoms with Gasteiger partial charge in [-0.05, 0) is 5.92 Å². The smallest absolute Gasteiger partial charge is 0.254 e. The van der Waals surface area contributed by atoms with Gasteiger partial charge in [0.05, 0.1) is 0 Å². The van der Waals surface area contributed by atoms with Crippen molar-refractivity contribution >= 4 is 6.20 Å². The van der Waals surface area contributed by atoms with Crippen molar-refractivity contribution in [3.63, 3.8) is 0 Å². The molecule has 0 saturated carbocycles. The topological polar surface area (TPSA) is 50.7 Å². The van der Waals surface area contributed by atoms with Crippen LogP contribution in [-0.4, -0.2) is 14.8 Å². The Kier molecular flexibility index (Phi) is 3.28. The van der Waals surface area contributed by atoms with Crippen molar-refractivity contribution in [2.45, 2.75) is 33.6 Å². The molecule has 2 heterocycles. The van der Waals surface area contributed by atoms with E-state index in [1.54, 1.807) is 10.8 Å². The molecule has 14 heavy (non-hydrogen) atoms. The molecule has 0 saturated heterocycles. The second-order valence-electron chi connectivity index (χ2n) is 3.25. The minimum atomic E-state index is -0.153. The van der Waals surface area contributed by atoms with E-state index in [1.165, 1.54) is 0 Å². The van der Waals surface area contributed by atoms with Crippen molar-refractivity contribution in [1.29, 1.82) is 0 Å². The first-order valence-corrected chi connectivity index (χ1v) is 5.05. The third-order valence-corrected chi connectivity index (χ3v) is 2.47. The van der Waals surface area contributed by atoms with Crippen LogP contribution < -0.4 is 5.69 Å². The first-order valence-electron chi connectivity index (χ1n) is 5.05. The molecule has 0 radical (unpaired) electrons. The Morgan fingerprint density at radius 2 is 2.07 bits per heavy atom. The molecule has 0 bridgehead atoms. The monoisotopic (exact) mass is 195 g/mol. The maximum atomic E-state index is 11.1. The summed E-state index contributed by atoms with van der Waals surface area (Å²) in [6, 6.07) is 0. The Morgan fingerprint density at radius 3 is 2.71 bits per heavy atom. The maximum Gasteiger partial charge on any atom is 0.347 e. The van der Waals surface area contributed by atoms with E-state index >= 15 is 0 Å². The molecule has 4 nitrogen and oxygen atoms in total. The van der Waals surface area contributed by atoms with E-state index in [4.69, 9.17) is 0 Å². The number of rotatable bonds is 0. The van der Waals surface area contributed by atoms with Gasteiger partial charge < -0.3 is 0 Å². The molecule has 2 rings (SSSR count). The molecule has 0 fully saturated rings. The summed E-state index contributed by atoms with van der Waals surface area (Å²) in [6.07, 6.45) is 3.81. The maximum absolute atomic E-state index is 11.1. The van der Waals surface area contributed by atoms with Crippen LogP contribution in [0.15, 0.2) is 10.9 Å². The molecule has 1 aromatic heterocycles. The normalized spacial score (nSPS) is 23.7. The van der Waals surface area contributed by atoms with Gasteiger partial charge in [0, 0.05) is 12.1 Å². The van der Waals surface area contributed by atoms with Gasteiger partial charge in [-0.3, -0.25) is 4.57 Å². The number of fused-ring (bicyclic) bond motifs is 1. The van der Waals surface area contributed by atoms with Crippen LogP contribution in [0.4, 0.5) is 0 Å². The van der Waals surface area contributed by atoms with Crippen LogP contribution >= 0.6 is 0 Å². The van der Waals surface area contributed by atoms with E-state index in [2.05, 4.69) is 24.0 Å². The summed E-state index contributed by atoms with van der Waals surface area (Å²) in [4.78, 5) is 11.1. The van der Waals surface area contributed by atoms with Crippen LogP contribution in [0.3, 0.4) is 0 Å². The van der Waals surface area contributed by atoms with Gasteiger partial charge in [-0.1, -0.05) is 33.8 Å². The first kappa shape index (κ1) is 10.8. The molecular weight excluding hydrogens is 178 g/mol. The van der Waals surface area contributed by atoms with Crippen molar-refractivity contribution < 1.29 is 0 Å². The highest BCUT2D eigenvalue weighted by molar-refractivity contribution is 5.30. The molecule has 78 valence electrons. The van der Waals surface area contributed by atoms with Crippen molar-refractivity contribution in [3.05, 3.63) is 22.4 Å². The number of aromatic nitrogens is 3. The Hall–Kier alpha value is -1.32. The van der Waals surface area contributed by atoms with E-state index in [0.717, 1.165) is 5.82 Å². The van der Waals surface area contributed by atoms with Gasteiger partial charge in [-0.25, -0.2) is 9.89 Å². The van der Waals surface area contributed by atoms with Gasteiger partial charge in [0.1, 0.15) is 5.82 Å². The summed E-state index contributed by atoms with van der Waals surface area (Å²) < 4.78 is 1.56. The van der Waals surface area contributed by atoms with Crippen LogP contribution in [0.5, 0.6) is 0 Å². The van der Waals surface area contributed by atoms with Gasteiger partial charge >= 0.3 is 5.69 Å². The number of aromatic amines is 1. The lowest BCUT2D eigenvalue weighted by molar-refractivity contribution is 0.539. The number of nitrogens with zero attached hydrogens (tertiary/aromatic N) is 2. The van der Waals surface area contributed by atoms with E-state index in [-0.39, 0.29) is 5.69 Å². The standard InChI is InChI=1S/C8H11N3O.C2H6/c1-5-3-4-11-7(6(5)2)9-10-8(11)12;1-2/h3-6H,1-2H3,(H,10,12);1-2H3. The highest BCUT2D eigenvalue weighted by Crippen LogP contribution is 2.25. The average Bonchev–Trinajstić information content (AvgIpc) is 2.58. The summed E-state index contributed by atoms with van der Waals surface area (Å²) in [5.74, 6) is 1.59. The second kappa shape index (κ2) is 4.26. The van der Waals surface area contributed by atoms with Gasteiger partial charge in [0.25, 0.3) is 0 Å². The van der Waals surface area contributed by atoms with Crippen LogP contribution in [0.1, 0.15) is 39.4 Å². The van der Waals surface area contributed by atoms with Gasteiger partial charge in [-0.15, -0.1) is 0 Å². The quantitative estimate of drug-likeness (QED) is 0.686. The summed E-state index contributed by atoms with van der Waals surface area (Å²) in [5, 5.41) is 6.40. The van der Waals surface area contributed by atoms with E-state index in [0.29, 0.717) is 11.8 Å². The van der Waals surface area contributed by atoms with Crippen LogP contribution in [0.2, 0.25) is 0 Å². The number of hydrogen-bond acceptors (Lipinski definition) is 2. The molecular formula is C10H17N3O. The number of allylic oxidation sites excluding steroid dienone is 1. The van der Waals surface area contributed by atoms with Crippen LogP contribution in [-0.2, 0) is 0 Å². The Morgan fingerprint density at radius 1 is 1.43 bits per heavy atom. The lowest BCUT2D eigenvalue weighted by atomic mass is 9.93. The predicted molar refractivity (Wildman–Crippen MR) is 57.1 cm³/mol. The summed E-state index contributed by atoms with van der Waals surface area (Å²) in [6.45, 7) is 8.18. The molecule has 1 aliphatic rings. The van der Waals surface area contributed by atoms with Crippen molar-refractivity contribution in [2.75, 3.05) is 0 Å². The molecule has 0 aromatic carbocycles. The lowest BCUT2D eigenvalue weighted by Gasteiger charge is -2.19. The Labute approximate surface area is 83.6 Å². The summed E-state index contributed by atoms with van der Waals surface area (Å²) >= 11 is 0. The zero-order valence-corrected chi connectivity index (χ0v) is 9.11. The molecule has 4 heteroatoms. The Bertz CT molecular complexity index is 375. The van der Waals surface area contributed by atoms with Gasteiger partial charge in [0.15, 0.2) is 0 Å². The third-order valence-electron chi connectivity index (χ3n) is 2.47. The van der Waals surface area contributed by atoms with E-state index in [9.17, 15) is 4.79 Å². The highest BCUT2D eigenvalue weighted by atomic mass is 16.1. The fourth-order valence-corrected chi connectivity index (χ4v) is 1.41. The van der Waals surface area contributed by atoms with E-state index in [1.807, 2.05) is 19.9 Å². The van der Waals surface area contributed by atoms with Gasteiger partial charge in [-0.2, -0.15) is 5.10 Å². The zero-order chi connectivity index (χ0) is 10.7. The van der Waals surface area contributed by atoms with E-state index < -0.39 is 0 Å². The van der Waals surface area contributed by atoms with Crippen molar-refractivity contribution in [2.24, 2.45) is 5.92 Å². The fourth-order valence-electron chi connectivity index (χ4n) is 1.41. The minimum Gasteiger partial charge on any atom is -0.254 e. The molecule has 1 N–H and O–H groups in total. The molecule has 0 spiro atoms. The summed E-state index contributed by atoms with van der Waals surface area (Å²) in [7, 11) is 0. The SMILES string of the molecule is CC.CC1C=Cn2c(n[nH]c2=O)C1C.